The molecule has 48 heavy (non-hydrogen) atoms. The number of aromatic hydroxyl groups is 1. The third-order valence-electron chi connectivity index (χ3n) is 10.8. The Hall–Kier alpha value is -4.96. The zero-order valence-electron chi connectivity index (χ0n) is 25.9. The summed E-state index contributed by atoms with van der Waals surface area (Å²) >= 11 is 6.34. The largest absolute Gasteiger partial charge is 0.508 e. The number of amides is 4. The van der Waals surface area contributed by atoms with Crippen molar-refractivity contribution in [3.63, 3.8) is 0 Å². The van der Waals surface area contributed by atoms with Crippen LogP contribution in [0.25, 0.3) is 0 Å². The third kappa shape index (κ3) is 4.28. The molecule has 1 saturated carbocycles. The summed E-state index contributed by atoms with van der Waals surface area (Å²) in [5, 5.41) is 11.8. The molecule has 0 radical (unpaired) electrons. The number of ether oxygens (including phenoxy) is 1. The molecular weight excluding hydrogens is 637 g/mol. The zero-order chi connectivity index (χ0) is 33.5. The third-order valence-corrected chi connectivity index (χ3v) is 11.1. The molecule has 3 fully saturated rings. The lowest BCUT2D eigenvalue weighted by Crippen LogP contribution is -2.55. The Labute approximate surface area is 280 Å². The number of allylic oxidation sites excluding steroid dienone is 3. The SMILES string of the molecule is CCN1C(=O)C2CC=C3C(CC4C(=O)N(Nc5ccc(F)cc5)C(=O)C4(c4ccc(Cl)cc4)C3C3=COc4ccc(O)cc4C3)C2C1=O. The summed E-state index contributed by atoms with van der Waals surface area (Å²) in [6.45, 7) is 2.02. The van der Waals surface area contributed by atoms with E-state index in [-0.39, 0.29) is 30.5 Å². The number of hydrazine groups is 1. The van der Waals surface area contributed by atoms with E-state index in [9.17, 15) is 23.9 Å². The van der Waals surface area contributed by atoms with Gasteiger partial charge in [-0.3, -0.25) is 29.5 Å². The lowest BCUT2D eigenvalue weighted by atomic mass is 9.48. The van der Waals surface area contributed by atoms with Crippen LogP contribution in [0.1, 0.15) is 30.9 Å². The molecular formula is C37H31ClFN3O6. The fraction of sp³-hybridized carbons (Fsp3) is 0.297. The normalized spacial score (nSPS) is 29.0. The van der Waals surface area contributed by atoms with Gasteiger partial charge in [0.15, 0.2) is 0 Å². The standard InChI is InChI=1S/C37H31ClFN3O6/c1-2-41-33(44)27-13-12-26-28(31(27)35(41)46)17-29-34(45)42(40-24-9-7-23(39)8-10-24)36(47)37(29,21-3-5-22(38)6-4-21)32(26)20-15-19-16-25(43)11-14-30(19)48-18-20/h3-12,14,16,18,27-29,31-32,40,43H,2,13,15,17H2,1H3. The van der Waals surface area contributed by atoms with Gasteiger partial charge in [-0.15, -0.1) is 0 Å². The maximum atomic E-state index is 15.2. The van der Waals surface area contributed by atoms with Gasteiger partial charge in [0.1, 0.15) is 17.3 Å². The molecule has 9 nitrogen and oxygen atoms in total. The first-order chi connectivity index (χ1) is 23.1. The van der Waals surface area contributed by atoms with Gasteiger partial charge in [0.2, 0.25) is 11.8 Å². The quantitative estimate of drug-likeness (QED) is 0.271. The first-order valence-electron chi connectivity index (χ1n) is 16.0. The minimum Gasteiger partial charge on any atom is -0.508 e. The summed E-state index contributed by atoms with van der Waals surface area (Å²) in [7, 11) is 0. The summed E-state index contributed by atoms with van der Waals surface area (Å²) in [6.07, 6.45) is 4.37. The molecule has 2 N–H and O–H groups in total. The minimum absolute atomic E-state index is 0.0571. The van der Waals surface area contributed by atoms with Gasteiger partial charge in [-0.05, 0) is 91.4 Å². The fourth-order valence-electron chi connectivity index (χ4n) is 8.85. The molecule has 6 unspecified atom stereocenters. The molecule has 0 aromatic heterocycles. The summed E-state index contributed by atoms with van der Waals surface area (Å²) < 4.78 is 19.9. The van der Waals surface area contributed by atoms with E-state index < -0.39 is 52.6 Å². The van der Waals surface area contributed by atoms with Gasteiger partial charge in [-0.1, -0.05) is 35.4 Å². The first kappa shape index (κ1) is 30.4. The molecule has 0 spiro atoms. The van der Waals surface area contributed by atoms with Crippen molar-refractivity contribution in [2.45, 2.75) is 31.6 Å². The van der Waals surface area contributed by atoms with Crippen LogP contribution in [0.2, 0.25) is 5.02 Å². The van der Waals surface area contributed by atoms with Crippen molar-refractivity contribution < 1.29 is 33.4 Å². The molecule has 3 aromatic carbocycles. The molecule has 2 saturated heterocycles. The zero-order valence-corrected chi connectivity index (χ0v) is 26.6. The highest BCUT2D eigenvalue weighted by molar-refractivity contribution is 6.30. The summed E-state index contributed by atoms with van der Waals surface area (Å²) in [5.74, 6) is -4.77. The van der Waals surface area contributed by atoms with Crippen LogP contribution in [-0.2, 0) is 31.0 Å². The number of imide groups is 2. The molecule has 6 atom stereocenters. The predicted octanol–water partition coefficient (Wildman–Crippen LogP) is 5.54. The Morgan fingerprint density at radius 3 is 2.46 bits per heavy atom. The predicted molar refractivity (Wildman–Crippen MR) is 173 cm³/mol. The van der Waals surface area contributed by atoms with E-state index in [1.165, 1.54) is 35.2 Å². The highest BCUT2D eigenvalue weighted by Gasteiger charge is 2.70. The smallest absolute Gasteiger partial charge is 0.260 e. The molecule has 2 aliphatic carbocycles. The average molecular weight is 668 g/mol. The second-order valence-corrected chi connectivity index (χ2v) is 13.5. The van der Waals surface area contributed by atoms with Gasteiger partial charge in [0, 0.05) is 29.5 Å². The maximum Gasteiger partial charge on any atom is 0.260 e. The Bertz CT molecular complexity index is 1960. The van der Waals surface area contributed by atoms with Crippen LogP contribution in [0.3, 0.4) is 0 Å². The summed E-state index contributed by atoms with van der Waals surface area (Å²) in [4.78, 5) is 58.4. The first-order valence-corrected chi connectivity index (χ1v) is 16.4. The number of benzene rings is 3. The van der Waals surface area contributed by atoms with E-state index in [1.54, 1.807) is 49.6 Å². The van der Waals surface area contributed by atoms with Gasteiger partial charge in [0.05, 0.1) is 35.1 Å². The molecule has 3 heterocycles. The second kappa shape index (κ2) is 11.1. The van der Waals surface area contributed by atoms with E-state index in [2.05, 4.69) is 5.43 Å². The maximum absolute atomic E-state index is 15.2. The van der Waals surface area contributed by atoms with Crippen LogP contribution < -0.4 is 10.2 Å². The van der Waals surface area contributed by atoms with Crippen LogP contribution in [0, 0.1) is 35.4 Å². The van der Waals surface area contributed by atoms with Gasteiger partial charge in [0.25, 0.3) is 11.8 Å². The number of nitrogens with one attached hydrogen (secondary N) is 1. The van der Waals surface area contributed by atoms with E-state index in [0.717, 1.165) is 10.6 Å². The molecule has 244 valence electrons. The van der Waals surface area contributed by atoms with Crippen LogP contribution in [-0.4, -0.2) is 45.2 Å². The van der Waals surface area contributed by atoms with Crippen LogP contribution >= 0.6 is 11.6 Å². The monoisotopic (exact) mass is 667 g/mol. The molecule has 5 aliphatic rings. The van der Waals surface area contributed by atoms with E-state index in [1.807, 2.05) is 6.08 Å². The minimum atomic E-state index is -1.50. The van der Waals surface area contributed by atoms with Crippen molar-refractivity contribution in [2.24, 2.45) is 29.6 Å². The number of hydrogen-bond acceptors (Lipinski definition) is 7. The number of carbonyl (C=O) groups excluding carboxylic acids is 4. The Balaban J connectivity index is 1.34. The number of halogens is 2. The van der Waals surface area contributed by atoms with Crippen molar-refractivity contribution in [2.75, 3.05) is 12.0 Å². The Kier molecular flexibility index (Phi) is 6.99. The summed E-state index contributed by atoms with van der Waals surface area (Å²) in [5.41, 5.74) is 4.56. The number of nitrogens with zero attached hydrogens (tertiary/aromatic N) is 2. The van der Waals surface area contributed by atoms with Crippen molar-refractivity contribution in [3.8, 4) is 11.5 Å². The van der Waals surface area contributed by atoms with E-state index in [4.69, 9.17) is 16.3 Å². The molecule has 4 amide bonds. The fourth-order valence-corrected chi connectivity index (χ4v) is 8.97. The number of likely N-dealkylation sites (tertiary alicyclic amines) is 1. The van der Waals surface area contributed by atoms with Crippen molar-refractivity contribution in [3.05, 3.63) is 112 Å². The van der Waals surface area contributed by atoms with E-state index >= 15 is 4.79 Å². The molecule has 0 bridgehead atoms. The number of hydrogen-bond donors (Lipinski definition) is 2. The molecule has 3 aromatic rings. The number of carbonyl (C=O) groups is 4. The average Bonchev–Trinajstić information content (AvgIpc) is 3.46. The van der Waals surface area contributed by atoms with Crippen molar-refractivity contribution in [1.82, 2.24) is 9.91 Å². The van der Waals surface area contributed by atoms with Crippen molar-refractivity contribution in [1.29, 1.82) is 0 Å². The van der Waals surface area contributed by atoms with Gasteiger partial charge in [-0.2, -0.15) is 5.01 Å². The molecule has 8 rings (SSSR count). The lowest BCUT2D eigenvalue weighted by Gasteiger charge is -2.51. The van der Waals surface area contributed by atoms with Gasteiger partial charge >= 0.3 is 0 Å². The second-order valence-electron chi connectivity index (χ2n) is 13.1. The topological polar surface area (TPSA) is 116 Å². The van der Waals surface area contributed by atoms with Crippen LogP contribution in [0.15, 0.2) is 90.2 Å². The lowest BCUT2D eigenvalue weighted by molar-refractivity contribution is -0.141. The summed E-state index contributed by atoms with van der Waals surface area (Å²) in [6, 6.07) is 17.1. The number of phenolic OH excluding ortho intramolecular Hbond substituents is 1. The highest BCUT2D eigenvalue weighted by Crippen LogP contribution is 2.63. The molecule has 3 aliphatic heterocycles. The number of fused-ring (bicyclic) bond motifs is 5. The van der Waals surface area contributed by atoms with Gasteiger partial charge < -0.3 is 9.84 Å². The van der Waals surface area contributed by atoms with Crippen LogP contribution in [0.5, 0.6) is 11.5 Å². The van der Waals surface area contributed by atoms with E-state index in [0.29, 0.717) is 46.0 Å². The highest BCUT2D eigenvalue weighted by atomic mass is 35.5. The number of rotatable bonds is 5. The number of phenols is 1. The molecule has 11 heteroatoms. The Morgan fingerprint density at radius 2 is 1.73 bits per heavy atom. The number of anilines is 1. The van der Waals surface area contributed by atoms with Gasteiger partial charge in [-0.25, -0.2) is 4.39 Å². The van der Waals surface area contributed by atoms with Crippen molar-refractivity contribution >= 4 is 40.9 Å². The Morgan fingerprint density at radius 1 is 0.979 bits per heavy atom. The van der Waals surface area contributed by atoms with Crippen LogP contribution in [0.4, 0.5) is 10.1 Å².